The maximum absolute atomic E-state index is 5.73. The van der Waals surface area contributed by atoms with Gasteiger partial charge >= 0.3 is 0 Å². The van der Waals surface area contributed by atoms with Crippen LogP contribution in [-0.4, -0.2) is 28.9 Å². The van der Waals surface area contributed by atoms with Crippen molar-refractivity contribution in [3.8, 4) is 0 Å². The molecule has 0 bridgehead atoms. The van der Waals surface area contributed by atoms with E-state index < -0.39 is 0 Å². The fourth-order valence-electron chi connectivity index (χ4n) is 2.43. The molecule has 3 heteroatoms. The molecule has 0 amide bonds. The van der Waals surface area contributed by atoms with Gasteiger partial charge in [-0.15, -0.1) is 11.8 Å². The first-order chi connectivity index (χ1) is 6.55. The van der Waals surface area contributed by atoms with Crippen LogP contribution in [0.3, 0.4) is 0 Å². The Morgan fingerprint density at radius 2 is 2.29 bits per heavy atom. The van der Waals surface area contributed by atoms with Gasteiger partial charge in [-0.25, -0.2) is 0 Å². The molecule has 2 rings (SSSR count). The molecule has 0 aromatic heterocycles. The van der Waals surface area contributed by atoms with Crippen molar-refractivity contribution < 1.29 is 4.74 Å². The summed E-state index contributed by atoms with van der Waals surface area (Å²) in [4.78, 5) is 0.322. The van der Waals surface area contributed by atoms with Gasteiger partial charge in [0.2, 0.25) is 0 Å². The van der Waals surface area contributed by atoms with Gasteiger partial charge in [0.25, 0.3) is 0 Å². The summed E-state index contributed by atoms with van der Waals surface area (Å²) in [6, 6.07) is 0. The van der Waals surface area contributed by atoms with Crippen LogP contribution in [0.2, 0.25) is 0 Å². The number of ether oxygens (including phenoxy) is 1. The fraction of sp³-hybridized carbons (Fsp3) is 1.00. The molecule has 1 N–H and O–H groups in total. The van der Waals surface area contributed by atoms with Crippen molar-refractivity contribution in [2.24, 2.45) is 0 Å². The van der Waals surface area contributed by atoms with Crippen LogP contribution in [-0.2, 0) is 4.74 Å². The number of hydrogen-bond donors (Lipinski definition) is 1. The molecule has 2 nitrogen and oxygen atoms in total. The van der Waals surface area contributed by atoms with Gasteiger partial charge in [0.1, 0.15) is 0 Å². The summed E-state index contributed by atoms with van der Waals surface area (Å²) in [6.45, 7) is 7.74. The van der Waals surface area contributed by atoms with E-state index in [0.29, 0.717) is 16.5 Å². The second-order valence-electron chi connectivity index (χ2n) is 5.15. The standard InChI is InChI=1S/C11H21NOS/c1-4-9-7-11(5-6-13-9)12-10(2,3)8-14-11/h9,12H,4-8H2,1-3H3. The Labute approximate surface area is 91.2 Å². The zero-order valence-corrected chi connectivity index (χ0v) is 10.2. The third kappa shape index (κ3) is 2.10. The van der Waals surface area contributed by atoms with Gasteiger partial charge in [-0.3, -0.25) is 5.32 Å². The molecule has 1 spiro atoms. The van der Waals surface area contributed by atoms with Crippen molar-refractivity contribution in [3.05, 3.63) is 0 Å². The van der Waals surface area contributed by atoms with Crippen LogP contribution in [0.5, 0.6) is 0 Å². The molecule has 2 aliphatic heterocycles. The lowest BCUT2D eigenvalue weighted by Gasteiger charge is -2.38. The molecule has 0 aromatic rings. The van der Waals surface area contributed by atoms with Crippen LogP contribution in [0.4, 0.5) is 0 Å². The van der Waals surface area contributed by atoms with E-state index >= 15 is 0 Å². The minimum absolute atomic E-state index is 0.306. The van der Waals surface area contributed by atoms with E-state index in [0.717, 1.165) is 19.4 Å². The van der Waals surface area contributed by atoms with Gasteiger partial charge in [-0.05, 0) is 26.7 Å². The molecule has 82 valence electrons. The quantitative estimate of drug-likeness (QED) is 0.725. The summed E-state index contributed by atoms with van der Waals surface area (Å²) in [7, 11) is 0. The first-order valence-electron chi connectivity index (χ1n) is 5.60. The van der Waals surface area contributed by atoms with Crippen molar-refractivity contribution in [2.75, 3.05) is 12.4 Å². The molecular formula is C11H21NOS. The Morgan fingerprint density at radius 3 is 2.86 bits per heavy atom. The maximum atomic E-state index is 5.73. The van der Waals surface area contributed by atoms with E-state index in [1.165, 1.54) is 12.2 Å². The van der Waals surface area contributed by atoms with Gasteiger partial charge in [0.15, 0.2) is 0 Å². The van der Waals surface area contributed by atoms with Crippen molar-refractivity contribution in [1.29, 1.82) is 0 Å². The topological polar surface area (TPSA) is 21.3 Å². The van der Waals surface area contributed by atoms with E-state index in [-0.39, 0.29) is 0 Å². The highest BCUT2D eigenvalue weighted by molar-refractivity contribution is 8.01. The molecular weight excluding hydrogens is 194 g/mol. The van der Waals surface area contributed by atoms with E-state index in [1.807, 2.05) is 0 Å². The molecule has 2 atom stereocenters. The van der Waals surface area contributed by atoms with E-state index in [2.05, 4.69) is 37.8 Å². The lowest BCUT2D eigenvalue weighted by Crippen LogP contribution is -2.51. The molecule has 0 aromatic carbocycles. The second kappa shape index (κ2) is 3.69. The predicted molar refractivity (Wildman–Crippen MR) is 61.7 cm³/mol. The smallest absolute Gasteiger partial charge is 0.0697 e. The first-order valence-corrected chi connectivity index (χ1v) is 6.59. The minimum Gasteiger partial charge on any atom is -0.378 e. The summed E-state index contributed by atoms with van der Waals surface area (Å²) < 4.78 is 5.73. The molecule has 2 unspecified atom stereocenters. The first kappa shape index (κ1) is 10.8. The highest BCUT2D eigenvalue weighted by atomic mass is 32.2. The number of rotatable bonds is 1. The summed E-state index contributed by atoms with van der Waals surface area (Å²) in [5.74, 6) is 1.23. The van der Waals surface area contributed by atoms with Crippen molar-refractivity contribution in [1.82, 2.24) is 5.32 Å². The summed E-state index contributed by atoms with van der Waals surface area (Å²) in [6.07, 6.45) is 3.96. The predicted octanol–water partition coefficient (Wildman–Crippen LogP) is 2.39. The van der Waals surface area contributed by atoms with Gasteiger partial charge in [0, 0.05) is 24.3 Å². The highest BCUT2D eigenvalue weighted by Crippen LogP contribution is 2.43. The monoisotopic (exact) mass is 215 g/mol. The Hall–Kier alpha value is 0.270. The molecule has 2 heterocycles. The van der Waals surface area contributed by atoms with Crippen molar-refractivity contribution in [2.45, 2.75) is 56.5 Å². The van der Waals surface area contributed by atoms with Crippen molar-refractivity contribution in [3.63, 3.8) is 0 Å². The average Bonchev–Trinajstić information content (AvgIpc) is 2.42. The Kier molecular flexibility index (Phi) is 2.84. The number of thioether (sulfide) groups is 1. The molecule has 2 saturated heterocycles. The van der Waals surface area contributed by atoms with E-state index in [9.17, 15) is 0 Å². The highest BCUT2D eigenvalue weighted by Gasteiger charge is 2.45. The number of hydrogen-bond acceptors (Lipinski definition) is 3. The Morgan fingerprint density at radius 1 is 1.50 bits per heavy atom. The zero-order chi connectivity index (χ0) is 10.2. The van der Waals surface area contributed by atoms with Crippen LogP contribution in [0.1, 0.15) is 40.0 Å². The Bertz CT molecular complexity index is 219. The second-order valence-corrected chi connectivity index (χ2v) is 6.51. The van der Waals surface area contributed by atoms with Crippen LogP contribution in [0, 0.1) is 0 Å². The summed E-state index contributed by atoms with van der Waals surface area (Å²) >= 11 is 2.10. The number of nitrogens with one attached hydrogen (secondary N) is 1. The van der Waals surface area contributed by atoms with Gasteiger partial charge in [-0.2, -0.15) is 0 Å². The third-order valence-electron chi connectivity index (χ3n) is 3.15. The van der Waals surface area contributed by atoms with E-state index in [1.54, 1.807) is 0 Å². The maximum Gasteiger partial charge on any atom is 0.0697 e. The minimum atomic E-state index is 0.306. The third-order valence-corrected chi connectivity index (χ3v) is 5.04. The Balaban J connectivity index is 2.02. The van der Waals surface area contributed by atoms with Crippen LogP contribution in [0.25, 0.3) is 0 Å². The van der Waals surface area contributed by atoms with Gasteiger partial charge in [0.05, 0.1) is 11.0 Å². The zero-order valence-electron chi connectivity index (χ0n) is 9.43. The normalized spacial score (nSPS) is 41.8. The average molecular weight is 215 g/mol. The molecule has 0 radical (unpaired) electrons. The van der Waals surface area contributed by atoms with Crippen LogP contribution in [0.15, 0.2) is 0 Å². The largest absolute Gasteiger partial charge is 0.378 e. The SMILES string of the molecule is CCC1CC2(CCO1)NC(C)(C)CS2. The van der Waals surface area contributed by atoms with Crippen molar-refractivity contribution >= 4 is 11.8 Å². The molecule has 14 heavy (non-hydrogen) atoms. The fourth-order valence-corrected chi connectivity index (χ4v) is 4.02. The lowest BCUT2D eigenvalue weighted by atomic mass is 9.97. The molecule has 2 fully saturated rings. The van der Waals surface area contributed by atoms with Crippen LogP contribution >= 0.6 is 11.8 Å². The van der Waals surface area contributed by atoms with Gasteiger partial charge < -0.3 is 4.74 Å². The van der Waals surface area contributed by atoms with E-state index in [4.69, 9.17) is 4.74 Å². The molecule has 2 aliphatic rings. The summed E-state index contributed by atoms with van der Waals surface area (Å²) in [5.41, 5.74) is 0.306. The lowest BCUT2D eigenvalue weighted by molar-refractivity contribution is -0.00937. The molecule has 0 saturated carbocycles. The molecule has 0 aliphatic carbocycles. The van der Waals surface area contributed by atoms with Crippen LogP contribution < -0.4 is 5.32 Å². The van der Waals surface area contributed by atoms with Gasteiger partial charge in [-0.1, -0.05) is 6.92 Å². The summed E-state index contributed by atoms with van der Waals surface area (Å²) in [5, 5.41) is 3.79.